The lowest BCUT2D eigenvalue weighted by Gasteiger charge is -2.40. The smallest absolute Gasteiger partial charge is 0.335 e. The number of rotatable bonds is 58. The summed E-state index contributed by atoms with van der Waals surface area (Å²) >= 11 is 0. The van der Waals surface area contributed by atoms with Crippen LogP contribution in [0.4, 0.5) is 0 Å². The maximum Gasteiger partial charge on any atom is 0.335 e. The lowest BCUT2D eigenvalue weighted by Crippen LogP contribution is -2.61. The molecule has 486 valence electrons. The summed E-state index contributed by atoms with van der Waals surface area (Å²) in [5.41, 5.74) is 0. The summed E-state index contributed by atoms with van der Waals surface area (Å²) in [6, 6.07) is 0. The molecule has 12 heteroatoms. The quantitative estimate of drug-likeness (QED) is 0.0228. The molecule has 0 bridgehead atoms. The number of esters is 3. The van der Waals surface area contributed by atoms with Crippen LogP contribution in [0.15, 0.2) is 97.2 Å². The number of allylic oxidation sites excluding steroid dienone is 16. The van der Waals surface area contributed by atoms with E-state index in [0.717, 1.165) is 116 Å². The molecule has 0 spiro atoms. The standard InChI is InChI=1S/C73H122O12/c1-4-7-10-13-16-19-22-25-28-31-33-36-38-41-44-47-50-53-56-59-65(74)81-62-64(83-66(75)60-57-54-51-48-45-42-39-35-30-27-24-21-18-15-12-9-6-3)63-82-73-71(69(78)68(77)70(85-73)72(79)80)84-67(76)61-58-55-52-49-46-43-40-37-34-32-29-26-23-20-17-14-11-8-5-2/h8,11,16-17,19-20,25-30,34,37,43,46,64,68-71,73,77-78H,4-7,9-10,12-15,18,21-24,31-33,35-36,38-42,44-45,47-63H2,1-3H3,(H,79,80)/b11-8-,19-16-,20-17-,28-25-,29-26-,30-27-,37-34-,46-43-. The molecule has 1 aliphatic heterocycles. The average molecular weight is 1190 g/mol. The summed E-state index contributed by atoms with van der Waals surface area (Å²) in [4.78, 5) is 51.4. The number of aliphatic carboxylic acids is 1. The monoisotopic (exact) mass is 1190 g/mol. The molecule has 0 saturated carbocycles. The van der Waals surface area contributed by atoms with Gasteiger partial charge in [0.25, 0.3) is 0 Å². The topological polar surface area (TPSA) is 175 Å². The molecule has 1 aliphatic rings. The van der Waals surface area contributed by atoms with Crippen molar-refractivity contribution in [1.29, 1.82) is 0 Å². The van der Waals surface area contributed by atoms with Gasteiger partial charge in [-0.05, 0) is 122 Å². The number of carbonyl (C=O) groups is 4. The van der Waals surface area contributed by atoms with E-state index < -0.39 is 67.3 Å². The molecule has 0 amide bonds. The van der Waals surface area contributed by atoms with Crippen LogP contribution in [0, 0.1) is 0 Å². The molecule has 85 heavy (non-hydrogen) atoms. The largest absolute Gasteiger partial charge is 0.479 e. The summed E-state index contributed by atoms with van der Waals surface area (Å²) in [6.07, 6.45) is 67.8. The van der Waals surface area contributed by atoms with Crippen molar-refractivity contribution in [3.05, 3.63) is 97.2 Å². The van der Waals surface area contributed by atoms with Gasteiger partial charge in [-0.15, -0.1) is 0 Å². The number of carboxylic acids is 1. The van der Waals surface area contributed by atoms with Crippen molar-refractivity contribution in [2.45, 2.75) is 327 Å². The number of carboxylic acid groups (broad SMARTS) is 1. The molecule has 0 aromatic carbocycles. The first-order valence-electron chi connectivity index (χ1n) is 34.2. The molecule has 0 aliphatic carbocycles. The maximum atomic E-state index is 13.2. The second-order valence-electron chi connectivity index (χ2n) is 23.1. The third kappa shape index (κ3) is 49.3. The van der Waals surface area contributed by atoms with E-state index in [1.807, 2.05) is 0 Å². The van der Waals surface area contributed by atoms with E-state index in [0.29, 0.717) is 19.3 Å². The van der Waals surface area contributed by atoms with E-state index in [4.69, 9.17) is 23.7 Å². The zero-order chi connectivity index (χ0) is 61.7. The third-order valence-corrected chi connectivity index (χ3v) is 15.1. The van der Waals surface area contributed by atoms with Crippen molar-refractivity contribution >= 4 is 23.9 Å². The summed E-state index contributed by atoms with van der Waals surface area (Å²) in [6.45, 7) is 5.87. The Morgan fingerprint density at radius 2 is 0.741 bits per heavy atom. The number of unbranched alkanes of at least 4 members (excludes halogenated alkanes) is 28. The molecule has 12 nitrogen and oxygen atoms in total. The van der Waals surface area contributed by atoms with Gasteiger partial charge in [0.05, 0.1) is 6.61 Å². The van der Waals surface area contributed by atoms with Gasteiger partial charge in [0.1, 0.15) is 18.8 Å². The van der Waals surface area contributed by atoms with Gasteiger partial charge in [0.2, 0.25) is 0 Å². The number of carbonyl (C=O) groups excluding carboxylic acids is 3. The van der Waals surface area contributed by atoms with Crippen LogP contribution >= 0.6 is 0 Å². The Labute approximate surface area is 517 Å². The van der Waals surface area contributed by atoms with Gasteiger partial charge in [-0.2, -0.15) is 0 Å². The second kappa shape index (κ2) is 59.9. The molecular weight excluding hydrogens is 1070 g/mol. The lowest BCUT2D eigenvalue weighted by atomic mass is 9.98. The van der Waals surface area contributed by atoms with Crippen LogP contribution in [-0.2, 0) is 42.9 Å². The highest BCUT2D eigenvalue weighted by Gasteiger charge is 2.50. The van der Waals surface area contributed by atoms with Crippen LogP contribution in [0.3, 0.4) is 0 Å². The Hall–Kier alpha value is -4.36. The van der Waals surface area contributed by atoms with Gasteiger partial charge in [-0.1, -0.05) is 246 Å². The zero-order valence-electron chi connectivity index (χ0n) is 53.8. The molecule has 1 fully saturated rings. The third-order valence-electron chi connectivity index (χ3n) is 15.1. The zero-order valence-corrected chi connectivity index (χ0v) is 53.8. The van der Waals surface area contributed by atoms with Gasteiger partial charge in [-0.3, -0.25) is 14.4 Å². The highest BCUT2D eigenvalue weighted by molar-refractivity contribution is 5.74. The molecule has 3 N–H and O–H groups in total. The highest BCUT2D eigenvalue weighted by Crippen LogP contribution is 2.27. The van der Waals surface area contributed by atoms with Gasteiger partial charge < -0.3 is 39.0 Å². The van der Waals surface area contributed by atoms with Crippen molar-refractivity contribution < 1.29 is 58.2 Å². The van der Waals surface area contributed by atoms with E-state index in [-0.39, 0.29) is 25.9 Å². The fraction of sp³-hybridized carbons (Fsp3) is 0.726. The predicted octanol–water partition coefficient (Wildman–Crippen LogP) is 18.8. The van der Waals surface area contributed by atoms with Crippen molar-refractivity contribution in [2.24, 2.45) is 0 Å². The molecule has 1 rings (SSSR count). The SMILES string of the molecule is CC/C=C\C/C=C\C/C=C\C/C=C\C/C=C\CCCCCC(=O)OC1C(OCC(COC(=O)CCCCCCCCCCC/C=C\C/C=C\CCCCC)OC(=O)CCCCCCCCC/C=C\CCCCCCCC)OC(C(=O)O)C(O)C1O. The highest BCUT2D eigenvalue weighted by atomic mass is 16.7. The van der Waals surface area contributed by atoms with Crippen molar-refractivity contribution in [1.82, 2.24) is 0 Å². The summed E-state index contributed by atoms with van der Waals surface area (Å²) in [5.74, 6) is -3.17. The Morgan fingerprint density at radius 1 is 0.400 bits per heavy atom. The minimum Gasteiger partial charge on any atom is -0.479 e. The minimum atomic E-state index is -1.92. The van der Waals surface area contributed by atoms with E-state index >= 15 is 0 Å². The summed E-state index contributed by atoms with van der Waals surface area (Å²) < 4.78 is 28.6. The lowest BCUT2D eigenvalue weighted by molar-refractivity contribution is -0.301. The van der Waals surface area contributed by atoms with Crippen LogP contribution < -0.4 is 0 Å². The van der Waals surface area contributed by atoms with Crippen LogP contribution in [0.5, 0.6) is 0 Å². The molecule has 0 radical (unpaired) electrons. The normalized spacial score (nSPS) is 18.1. The number of hydrogen-bond donors (Lipinski definition) is 3. The van der Waals surface area contributed by atoms with Crippen LogP contribution in [0.2, 0.25) is 0 Å². The maximum absolute atomic E-state index is 13.2. The first-order chi connectivity index (χ1) is 41.6. The minimum absolute atomic E-state index is 0.0174. The van der Waals surface area contributed by atoms with Gasteiger partial charge in [-0.25, -0.2) is 4.79 Å². The molecule has 0 aromatic heterocycles. The summed E-state index contributed by atoms with van der Waals surface area (Å²) in [5, 5.41) is 31.6. The van der Waals surface area contributed by atoms with Crippen LogP contribution in [0.1, 0.15) is 290 Å². The molecule has 0 aromatic rings. The molecule has 6 unspecified atom stereocenters. The number of aliphatic hydroxyl groups excluding tert-OH is 2. The summed E-state index contributed by atoms with van der Waals surface area (Å²) in [7, 11) is 0. The fourth-order valence-electron chi connectivity index (χ4n) is 9.89. The molecule has 1 heterocycles. The molecule has 6 atom stereocenters. The van der Waals surface area contributed by atoms with E-state index in [1.54, 1.807) is 0 Å². The molecular formula is C73H122O12. The second-order valence-corrected chi connectivity index (χ2v) is 23.1. The Bertz CT molecular complexity index is 1840. The average Bonchev–Trinajstić information content (AvgIpc) is 2.79. The Balaban J connectivity index is 2.67. The number of hydrogen-bond acceptors (Lipinski definition) is 11. The van der Waals surface area contributed by atoms with Gasteiger partial charge in [0, 0.05) is 19.3 Å². The van der Waals surface area contributed by atoms with Gasteiger partial charge >= 0.3 is 23.9 Å². The van der Waals surface area contributed by atoms with Crippen LogP contribution in [-0.4, -0.2) is 89.2 Å². The first kappa shape index (κ1) is 78.7. The number of aliphatic hydroxyl groups is 2. The Kier molecular flexibility index (Phi) is 55.5. The first-order valence-corrected chi connectivity index (χ1v) is 34.2. The predicted molar refractivity (Wildman–Crippen MR) is 349 cm³/mol. The van der Waals surface area contributed by atoms with E-state index in [2.05, 4.69) is 118 Å². The fourth-order valence-corrected chi connectivity index (χ4v) is 9.89. The van der Waals surface area contributed by atoms with Crippen LogP contribution in [0.25, 0.3) is 0 Å². The van der Waals surface area contributed by atoms with Crippen molar-refractivity contribution in [2.75, 3.05) is 13.2 Å². The van der Waals surface area contributed by atoms with Crippen molar-refractivity contribution in [3.63, 3.8) is 0 Å². The Morgan fingerprint density at radius 3 is 1.18 bits per heavy atom. The number of ether oxygens (including phenoxy) is 5. The van der Waals surface area contributed by atoms with E-state index in [1.165, 1.54) is 116 Å². The van der Waals surface area contributed by atoms with Crippen molar-refractivity contribution in [3.8, 4) is 0 Å². The van der Waals surface area contributed by atoms with Gasteiger partial charge in [0.15, 0.2) is 24.6 Å². The van der Waals surface area contributed by atoms with E-state index in [9.17, 15) is 34.5 Å². The molecule has 1 saturated heterocycles.